The molecule has 1 saturated heterocycles. The van der Waals surface area contributed by atoms with Crippen molar-refractivity contribution in [3.05, 3.63) is 66.2 Å². The highest BCUT2D eigenvalue weighted by Crippen LogP contribution is 2.17. The molecule has 6 heteroatoms. The molecule has 2 amide bonds. The van der Waals surface area contributed by atoms with Gasteiger partial charge in [-0.15, -0.1) is 12.4 Å². The maximum atomic E-state index is 12.8. The maximum absolute atomic E-state index is 12.8. The number of amides is 2. The van der Waals surface area contributed by atoms with Crippen LogP contribution in [0, 0.1) is 5.92 Å². The van der Waals surface area contributed by atoms with E-state index < -0.39 is 6.04 Å². The molecule has 156 valence electrons. The fourth-order valence-corrected chi connectivity index (χ4v) is 3.58. The molecule has 29 heavy (non-hydrogen) atoms. The van der Waals surface area contributed by atoms with Gasteiger partial charge in [-0.2, -0.15) is 0 Å². The van der Waals surface area contributed by atoms with Crippen LogP contribution < -0.4 is 16.0 Å². The average Bonchev–Trinajstić information content (AvgIpc) is 2.74. The molecule has 1 aliphatic heterocycles. The number of rotatable bonds is 8. The molecular weight excluding hydrogens is 386 g/mol. The SMILES string of the molecule is Cl.O=C(CCC1CCNCC1)NC(Cc1ccccc1)C(=O)Nc1ccccc1. The van der Waals surface area contributed by atoms with E-state index in [2.05, 4.69) is 16.0 Å². The minimum absolute atomic E-state index is 0. The van der Waals surface area contributed by atoms with E-state index in [1.807, 2.05) is 60.7 Å². The van der Waals surface area contributed by atoms with Crippen molar-refractivity contribution in [3.63, 3.8) is 0 Å². The summed E-state index contributed by atoms with van der Waals surface area (Å²) in [6.45, 7) is 2.06. The quantitative estimate of drug-likeness (QED) is 0.617. The summed E-state index contributed by atoms with van der Waals surface area (Å²) in [7, 11) is 0. The number of piperidine rings is 1. The summed E-state index contributed by atoms with van der Waals surface area (Å²) in [5.41, 5.74) is 1.75. The Morgan fingerprint density at radius 3 is 2.24 bits per heavy atom. The van der Waals surface area contributed by atoms with Gasteiger partial charge in [0.05, 0.1) is 0 Å². The molecule has 3 rings (SSSR count). The van der Waals surface area contributed by atoms with Crippen molar-refractivity contribution >= 4 is 29.9 Å². The first kappa shape index (κ1) is 22.9. The lowest BCUT2D eigenvalue weighted by molar-refractivity contribution is -0.126. The summed E-state index contributed by atoms with van der Waals surface area (Å²) in [6, 6.07) is 18.5. The van der Waals surface area contributed by atoms with E-state index in [1.54, 1.807) is 0 Å². The van der Waals surface area contributed by atoms with Gasteiger partial charge < -0.3 is 16.0 Å². The molecule has 1 unspecified atom stereocenters. The Labute approximate surface area is 179 Å². The molecule has 5 nitrogen and oxygen atoms in total. The number of hydrogen-bond donors (Lipinski definition) is 3. The maximum Gasteiger partial charge on any atom is 0.247 e. The standard InChI is InChI=1S/C23H29N3O2.ClH/c27-22(12-11-18-13-15-24-16-14-18)26-21(17-19-7-3-1-4-8-19)23(28)25-20-9-5-2-6-10-20;/h1-10,18,21,24H,11-17H2,(H,25,28)(H,26,27);1H. The molecule has 0 aromatic heterocycles. The summed E-state index contributed by atoms with van der Waals surface area (Å²) in [6.07, 6.45) is 4.06. The monoisotopic (exact) mass is 415 g/mol. The highest BCUT2D eigenvalue weighted by molar-refractivity contribution is 5.97. The Balaban J connectivity index is 0.00000300. The zero-order chi connectivity index (χ0) is 19.6. The zero-order valence-corrected chi connectivity index (χ0v) is 17.4. The fraction of sp³-hybridized carbons (Fsp3) is 0.391. The Hall–Kier alpha value is -2.37. The van der Waals surface area contributed by atoms with Crippen LogP contribution in [0.3, 0.4) is 0 Å². The number of benzene rings is 2. The van der Waals surface area contributed by atoms with Crippen LogP contribution in [0.5, 0.6) is 0 Å². The number of para-hydroxylation sites is 1. The van der Waals surface area contributed by atoms with Crippen molar-refractivity contribution in [2.75, 3.05) is 18.4 Å². The van der Waals surface area contributed by atoms with Crippen LogP contribution in [0.25, 0.3) is 0 Å². The van der Waals surface area contributed by atoms with E-state index in [9.17, 15) is 9.59 Å². The molecule has 1 fully saturated rings. The van der Waals surface area contributed by atoms with E-state index >= 15 is 0 Å². The van der Waals surface area contributed by atoms with Crippen LogP contribution in [-0.4, -0.2) is 30.9 Å². The summed E-state index contributed by atoms with van der Waals surface area (Å²) >= 11 is 0. The average molecular weight is 416 g/mol. The Kier molecular flexibility index (Phi) is 9.68. The van der Waals surface area contributed by atoms with Crippen LogP contribution in [0.4, 0.5) is 5.69 Å². The van der Waals surface area contributed by atoms with Crippen LogP contribution in [0.1, 0.15) is 31.2 Å². The zero-order valence-electron chi connectivity index (χ0n) is 16.6. The lowest BCUT2D eigenvalue weighted by atomic mass is 9.93. The predicted octanol–water partition coefficient (Wildman–Crippen LogP) is 3.55. The number of halogens is 1. The molecule has 0 saturated carbocycles. The summed E-state index contributed by atoms with van der Waals surface area (Å²) < 4.78 is 0. The third kappa shape index (κ3) is 7.87. The van der Waals surface area contributed by atoms with Gasteiger partial charge in [0, 0.05) is 18.5 Å². The van der Waals surface area contributed by atoms with Crippen LogP contribution >= 0.6 is 12.4 Å². The topological polar surface area (TPSA) is 70.2 Å². The largest absolute Gasteiger partial charge is 0.344 e. The first-order chi connectivity index (χ1) is 13.7. The Morgan fingerprint density at radius 1 is 0.966 bits per heavy atom. The van der Waals surface area contributed by atoms with Crippen molar-refractivity contribution in [1.29, 1.82) is 0 Å². The summed E-state index contributed by atoms with van der Waals surface area (Å²) in [5, 5.41) is 9.22. The van der Waals surface area contributed by atoms with Crippen molar-refractivity contribution in [2.24, 2.45) is 5.92 Å². The molecule has 3 N–H and O–H groups in total. The van der Waals surface area contributed by atoms with Crippen LogP contribution in [0.2, 0.25) is 0 Å². The van der Waals surface area contributed by atoms with Gasteiger partial charge in [0.15, 0.2) is 0 Å². The summed E-state index contributed by atoms with van der Waals surface area (Å²) in [5.74, 6) is 0.352. The molecule has 1 aliphatic rings. The first-order valence-corrected chi connectivity index (χ1v) is 10.1. The summed E-state index contributed by atoms with van der Waals surface area (Å²) in [4.78, 5) is 25.4. The molecule has 0 radical (unpaired) electrons. The van der Waals surface area contributed by atoms with Gasteiger partial charge in [-0.05, 0) is 56.0 Å². The fourth-order valence-electron chi connectivity index (χ4n) is 3.58. The van der Waals surface area contributed by atoms with Crippen LogP contribution in [-0.2, 0) is 16.0 Å². The third-order valence-corrected chi connectivity index (χ3v) is 5.21. The molecule has 1 atom stereocenters. The van der Waals surface area contributed by atoms with E-state index in [4.69, 9.17) is 0 Å². The van der Waals surface area contributed by atoms with Gasteiger partial charge in [-0.1, -0.05) is 48.5 Å². The van der Waals surface area contributed by atoms with E-state index in [1.165, 1.54) is 0 Å². The number of nitrogens with one attached hydrogen (secondary N) is 3. The molecule has 0 bridgehead atoms. The van der Waals surface area contributed by atoms with Crippen molar-refractivity contribution in [3.8, 4) is 0 Å². The predicted molar refractivity (Wildman–Crippen MR) is 119 cm³/mol. The number of carbonyl (C=O) groups is 2. The minimum Gasteiger partial charge on any atom is -0.344 e. The molecule has 1 heterocycles. The van der Waals surface area contributed by atoms with Gasteiger partial charge in [-0.3, -0.25) is 9.59 Å². The second-order valence-electron chi connectivity index (χ2n) is 7.40. The highest BCUT2D eigenvalue weighted by atomic mass is 35.5. The minimum atomic E-state index is -0.594. The first-order valence-electron chi connectivity index (χ1n) is 10.1. The molecule has 0 spiro atoms. The lowest BCUT2D eigenvalue weighted by Crippen LogP contribution is -2.45. The molecule has 2 aromatic rings. The Bertz CT molecular complexity index is 749. The van der Waals surface area contributed by atoms with E-state index in [0.717, 1.165) is 43.6 Å². The van der Waals surface area contributed by atoms with Gasteiger partial charge in [0.1, 0.15) is 6.04 Å². The number of anilines is 1. The Morgan fingerprint density at radius 2 is 1.59 bits per heavy atom. The second-order valence-corrected chi connectivity index (χ2v) is 7.40. The third-order valence-electron chi connectivity index (χ3n) is 5.21. The van der Waals surface area contributed by atoms with Gasteiger partial charge >= 0.3 is 0 Å². The van der Waals surface area contributed by atoms with Gasteiger partial charge in [0.25, 0.3) is 0 Å². The van der Waals surface area contributed by atoms with E-state index in [0.29, 0.717) is 18.8 Å². The molecule has 0 aliphatic carbocycles. The lowest BCUT2D eigenvalue weighted by Gasteiger charge is -2.23. The van der Waals surface area contributed by atoms with Crippen molar-refractivity contribution in [2.45, 2.75) is 38.1 Å². The van der Waals surface area contributed by atoms with E-state index in [-0.39, 0.29) is 24.2 Å². The van der Waals surface area contributed by atoms with Gasteiger partial charge in [-0.25, -0.2) is 0 Å². The van der Waals surface area contributed by atoms with Crippen molar-refractivity contribution < 1.29 is 9.59 Å². The second kappa shape index (κ2) is 12.2. The number of hydrogen-bond acceptors (Lipinski definition) is 3. The molecular formula is C23H30ClN3O2. The number of carbonyl (C=O) groups excluding carboxylic acids is 2. The normalized spacial score (nSPS) is 15.0. The van der Waals surface area contributed by atoms with Crippen molar-refractivity contribution in [1.82, 2.24) is 10.6 Å². The smallest absolute Gasteiger partial charge is 0.247 e. The van der Waals surface area contributed by atoms with Crippen LogP contribution in [0.15, 0.2) is 60.7 Å². The molecule has 2 aromatic carbocycles. The highest BCUT2D eigenvalue weighted by Gasteiger charge is 2.22. The van der Waals surface area contributed by atoms with Gasteiger partial charge in [0.2, 0.25) is 11.8 Å².